The van der Waals surface area contributed by atoms with E-state index in [0.29, 0.717) is 28.5 Å². The Kier molecular flexibility index (Phi) is 5.41. The van der Waals surface area contributed by atoms with Crippen LogP contribution in [-0.2, 0) is 11.3 Å². The third-order valence-electron chi connectivity index (χ3n) is 3.87. The van der Waals surface area contributed by atoms with Gasteiger partial charge in [0, 0.05) is 11.8 Å². The molecule has 0 fully saturated rings. The molecular formula is C18H19FN6O2. The second kappa shape index (κ2) is 7.92. The first kappa shape index (κ1) is 18.5. The molecule has 0 aliphatic carbocycles. The standard InChI is InChI=1S/C16H13FN6O2.C2H6/c17-12-7-10-15(18-9-25)21-23(5-6-24)16(10)20-14(12)11-8-19-22-4-2-1-3-13(11)22;1-2/h1-4,7-9,24H,5-6H2,(H,18,21,25);1-2H3. The van der Waals surface area contributed by atoms with Crippen molar-refractivity contribution in [2.45, 2.75) is 20.4 Å². The van der Waals surface area contributed by atoms with Gasteiger partial charge in [-0.15, -0.1) is 0 Å². The largest absolute Gasteiger partial charge is 0.394 e. The molecule has 0 aromatic carbocycles. The number of amides is 1. The van der Waals surface area contributed by atoms with Gasteiger partial charge in [-0.2, -0.15) is 10.2 Å². The number of halogens is 1. The third kappa shape index (κ3) is 3.24. The van der Waals surface area contributed by atoms with Crippen molar-refractivity contribution in [1.29, 1.82) is 0 Å². The fourth-order valence-corrected chi connectivity index (χ4v) is 2.79. The predicted molar refractivity (Wildman–Crippen MR) is 99.8 cm³/mol. The summed E-state index contributed by atoms with van der Waals surface area (Å²) in [6.45, 7) is 4.01. The Hall–Kier alpha value is -3.33. The van der Waals surface area contributed by atoms with E-state index in [9.17, 15) is 14.3 Å². The fourth-order valence-electron chi connectivity index (χ4n) is 2.79. The van der Waals surface area contributed by atoms with E-state index in [0.717, 1.165) is 0 Å². The summed E-state index contributed by atoms with van der Waals surface area (Å²) < 4.78 is 17.8. The average Bonchev–Trinajstić information content (AvgIpc) is 3.25. The Morgan fingerprint density at radius 2 is 2.15 bits per heavy atom. The molecule has 4 aromatic rings. The van der Waals surface area contributed by atoms with Crippen LogP contribution in [0.2, 0.25) is 0 Å². The number of aromatic nitrogens is 5. The summed E-state index contributed by atoms with van der Waals surface area (Å²) >= 11 is 0. The van der Waals surface area contributed by atoms with Crippen molar-refractivity contribution in [3.63, 3.8) is 0 Å². The van der Waals surface area contributed by atoms with Gasteiger partial charge in [-0.05, 0) is 18.2 Å². The van der Waals surface area contributed by atoms with Gasteiger partial charge in [0.05, 0.1) is 30.3 Å². The maximum atomic E-state index is 14.7. The van der Waals surface area contributed by atoms with E-state index >= 15 is 0 Å². The van der Waals surface area contributed by atoms with Gasteiger partial charge in [0.2, 0.25) is 6.41 Å². The first-order valence-corrected chi connectivity index (χ1v) is 8.53. The van der Waals surface area contributed by atoms with Crippen LogP contribution in [0.5, 0.6) is 0 Å². The van der Waals surface area contributed by atoms with Crippen LogP contribution in [0.15, 0.2) is 36.7 Å². The average molecular weight is 370 g/mol. The number of nitrogens with zero attached hydrogens (tertiary/aromatic N) is 5. The molecule has 0 bridgehead atoms. The molecule has 9 heteroatoms. The molecule has 0 aliphatic heterocycles. The molecule has 0 saturated carbocycles. The Morgan fingerprint density at radius 3 is 2.89 bits per heavy atom. The molecule has 1 amide bonds. The van der Waals surface area contributed by atoms with Gasteiger partial charge in [0.1, 0.15) is 5.69 Å². The van der Waals surface area contributed by atoms with Crippen molar-refractivity contribution in [3.8, 4) is 11.3 Å². The number of rotatable bonds is 5. The highest BCUT2D eigenvalue weighted by atomic mass is 19.1. The van der Waals surface area contributed by atoms with Crippen molar-refractivity contribution in [1.82, 2.24) is 24.4 Å². The molecular weight excluding hydrogens is 351 g/mol. The van der Waals surface area contributed by atoms with E-state index in [4.69, 9.17) is 0 Å². The van der Waals surface area contributed by atoms with Crippen LogP contribution < -0.4 is 5.32 Å². The summed E-state index contributed by atoms with van der Waals surface area (Å²) in [5, 5.41) is 20.3. The second-order valence-corrected chi connectivity index (χ2v) is 5.34. The monoisotopic (exact) mass is 370 g/mol. The molecule has 0 radical (unpaired) electrons. The maximum absolute atomic E-state index is 14.7. The molecule has 27 heavy (non-hydrogen) atoms. The molecule has 0 atom stereocenters. The van der Waals surface area contributed by atoms with Gasteiger partial charge in [-0.3, -0.25) is 4.79 Å². The number of aliphatic hydroxyl groups excluding tert-OH is 1. The topological polar surface area (TPSA) is 97.3 Å². The normalized spacial score (nSPS) is 10.7. The lowest BCUT2D eigenvalue weighted by molar-refractivity contribution is -0.105. The van der Waals surface area contributed by atoms with E-state index in [1.165, 1.54) is 10.7 Å². The zero-order valence-corrected chi connectivity index (χ0v) is 14.9. The Bertz CT molecular complexity index is 1090. The van der Waals surface area contributed by atoms with Crippen molar-refractivity contribution >= 4 is 28.8 Å². The van der Waals surface area contributed by atoms with Crippen molar-refractivity contribution < 1.29 is 14.3 Å². The molecule has 2 N–H and O–H groups in total. The number of fused-ring (bicyclic) bond motifs is 2. The molecule has 4 rings (SSSR count). The lowest BCUT2D eigenvalue weighted by Gasteiger charge is -2.04. The van der Waals surface area contributed by atoms with E-state index in [1.807, 2.05) is 32.0 Å². The van der Waals surface area contributed by atoms with Crippen LogP contribution in [0.3, 0.4) is 0 Å². The SMILES string of the molecule is CC.O=CNc1nn(CCO)c2nc(-c3cnn4ccccc34)c(F)cc12. The Labute approximate surface area is 154 Å². The maximum Gasteiger partial charge on any atom is 0.212 e. The number of hydrogen-bond donors (Lipinski definition) is 2. The molecule has 0 spiro atoms. The van der Waals surface area contributed by atoms with Crippen molar-refractivity contribution in [3.05, 3.63) is 42.5 Å². The molecule has 0 unspecified atom stereocenters. The summed E-state index contributed by atoms with van der Waals surface area (Å²) in [6, 6.07) is 6.75. The lowest BCUT2D eigenvalue weighted by Crippen LogP contribution is -2.06. The fraction of sp³-hybridized carbons (Fsp3) is 0.222. The van der Waals surface area contributed by atoms with Crippen LogP contribution >= 0.6 is 0 Å². The smallest absolute Gasteiger partial charge is 0.212 e. The summed E-state index contributed by atoms with van der Waals surface area (Å²) in [4.78, 5) is 15.1. The number of hydrogen-bond acceptors (Lipinski definition) is 5. The highest BCUT2D eigenvalue weighted by molar-refractivity contribution is 5.94. The number of aliphatic hydroxyl groups is 1. The quantitative estimate of drug-likeness (QED) is 0.526. The molecule has 4 aromatic heterocycles. The van der Waals surface area contributed by atoms with E-state index in [2.05, 4.69) is 20.5 Å². The van der Waals surface area contributed by atoms with Crippen LogP contribution in [0, 0.1) is 5.82 Å². The predicted octanol–water partition coefficient (Wildman–Crippen LogP) is 2.47. The Morgan fingerprint density at radius 1 is 1.33 bits per heavy atom. The number of pyridine rings is 2. The molecule has 0 aliphatic rings. The number of carbonyl (C=O) groups is 1. The minimum absolute atomic E-state index is 0.130. The van der Waals surface area contributed by atoms with E-state index < -0.39 is 5.82 Å². The van der Waals surface area contributed by atoms with Gasteiger partial charge < -0.3 is 10.4 Å². The number of anilines is 1. The first-order valence-electron chi connectivity index (χ1n) is 8.53. The van der Waals surface area contributed by atoms with E-state index in [-0.39, 0.29) is 24.7 Å². The van der Waals surface area contributed by atoms with Gasteiger partial charge >= 0.3 is 0 Å². The summed E-state index contributed by atoms with van der Waals surface area (Å²) in [5.74, 6) is -0.361. The highest BCUT2D eigenvalue weighted by Gasteiger charge is 2.19. The van der Waals surface area contributed by atoms with Crippen LogP contribution in [0.25, 0.3) is 27.8 Å². The second-order valence-electron chi connectivity index (χ2n) is 5.34. The van der Waals surface area contributed by atoms with Crippen LogP contribution in [0.4, 0.5) is 10.2 Å². The molecule has 0 saturated heterocycles. The van der Waals surface area contributed by atoms with Gasteiger partial charge in [-0.1, -0.05) is 19.9 Å². The molecule has 140 valence electrons. The minimum atomic E-state index is -0.552. The Balaban J connectivity index is 0.00000102. The highest BCUT2D eigenvalue weighted by Crippen LogP contribution is 2.30. The van der Waals surface area contributed by atoms with Gasteiger partial charge in [0.25, 0.3) is 0 Å². The molecule has 8 nitrogen and oxygen atoms in total. The van der Waals surface area contributed by atoms with E-state index in [1.54, 1.807) is 16.9 Å². The summed E-state index contributed by atoms with van der Waals surface area (Å²) in [5.41, 5.74) is 1.75. The summed E-state index contributed by atoms with van der Waals surface area (Å²) in [7, 11) is 0. The summed E-state index contributed by atoms with van der Waals surface area (Å²) in [6.07, 6.45) is 3.77. The van der Waals surface area contributed by atoms with Crippen molar-refractivity contribution in [2.24, 2.45) is 0 Å². The third-order valence-corrected chi connectivity index (χ3v) is 3.87. The number of carbonyl (C=O) groups excluding carboxylic acids is 1. The molecule has 4 heterocycles. The van der Waals surface area contributed by atoms with Crippen LogP contribution in [0.1, 0.15) is 13.8 Å². The minimum Gasteiger partial charge on any atom is -0.394 e. The first-order chi connectivity index (χ1) is 13.2. The van der Waals surface area contributed by atoms with Crippen molar-refractivity contribution in [2.75, 3.05) is 11.9 Å². The zero-order valence-electron chi connectivity index (χ0n) is 14.9. The lowest BCUT2D eigenvalue weighted by atomic mass is 10.1. The van der Waals surface area contributed by atoms with Crippen LogP contribution in [-0.4, -0.2) is 42.5 Å². The van der Waals surface area contributed by atoms with Gasteiger partial charge in [0.15, 0.2) is 17.3 Å². The van der Waals surface area contributed by atoms with Gasteiger partial charge in [-0.25, -0.2) is 18.6 Å². The number of nitrogens with one attached hydrogen (secondary N) is 1. The zero-order chi connectivity index (χ0) is 19.4.